The second-order valence-corrected chi connectivity index (χ2v) is 2.48. The molecule has 0 aliphatic rings. The molecule has 0 saturated carbocycles. The summed E-state index contributed by atoms with van der Waals surface area (Å²) in [6.07, 6.45) is -0.0517. The molecule has 4 nitrogen and oxygen atoms in total. The molecule has 4 heteroatoms. The van der Waals surface area contributed by atoms with Crippen LogP contribution in [0.15, 0.2) is 0 Å². The van der Waals surface area contributed by atoms with E-state index in [1.165, 1.54) is 0 Å². The molecule has 0 heterocycles. The quantitative estimate of drug-likeness (QED) is 0.526. The van der Waals surface area contributed by atoms with E-state index in [-0.39, 0.29) is 12.5 Å². The van der Waals surface area contributed by atoms with Crippen molar-refractivity contribution >= 4 is 6.47 Å². The summed E-state index contributed by atoms with van der Waals surface area (Å²) in [6.45, 7) is 0.970. The first-order valence-corrected chi connectivity index (χ1v) is 3.31. The molecule has 0 aliphatic heterocycles. The number of hydrogen-bond acceptors (Lipinski definition) is 4. The lowest BCUT2D eigenvalue weighted by Gasteiger charge is -2.16. The minimum Gasteiger partial charge on any atom is -0.462 e. The van der Waals surface area contributed by atoms with Crippen LogP contribution < -0.4 is 0 Å². The summed E-state index contributed by atoms with van der Waals surface area (Å²) in [5, 5.41) is 8.31. The third-order valence-electron chi connectivity index (χ3n) is 1.14. The molecule has 0 unspecified atom stereocenters. The standard InChI is InChI=1S/C7H12N2O2/c1-9(2)5-7(3-4-8)11-6-10/h6-7H,3,5H2,1-2H3/t7-/m0/s1. The molecule has 0 saturated heterocycles. The molecular weight excluding hydrogens is 144 g/mol. The van der Waals surface area contributed by atoms with Crippen molar-refractivity contribution in [3.8, 4) is 6.07 Å². The molecule has 0 rings (SSSR count). The monoisotopic (exact) mass is 156 g/mol. The van der Waals surface area contributed by atoms with Crippen molar-refractivity contribution in [2.24, 2.45) is 0 Å². The van der Waals surface area contributed by atoms with Crippen molar-refractivity contribution in [3.05, 3.63) is 0 Å². The van der Waals surface area contributed by atoms with E-state index >= 15 is 0 Å². The van der Waals surface area contributed by atoms with Gasteiger partial charge < -0.3 is 9.64 Å². The zero-order valence-electron chi connectivity index (χ0n) is 6.78. The van der Waals surface area contributed by atoms with Crippen LogP contribution in [0, 0.1) is 11.3 Å². The normalized spacial score (nSPS) is 12.2. The number of rotatable bonds is 5. The predicted molar refractivity (Wildman–Crippen MR) is 39.7 cm³/mol. The Kier molecular flexibility index (Phi) is 5.13. The molecule has 0 aromatic rings. The Morgan fingerprint density at radius 3 is 2.73 bits per heavy atom. The molecule has 1 atom stereocenters. The van der Waals surface area contributed by atoms with E-state index in [4.69, 9.17) is 5.26 Å². The Bertz CT molecular complexity index is 151. The topological polar surface area (TPSA) is 53.3 Å². The van der Waals surface area contributed by atoms with Crippen LogP contribution in [0.2, 0.25) is 0 Å². The van der Waals surface area contributed by atoms with Gasteiger partial charge in [-0.05, 0) is 14.1 Å². The summed E-state index contributed by atoms with van der Waals surface area (Å²) in [5.41, 5.74) is 0. The van der Waals surface area contributed by atoms with Crippen molar-refractivity contribution < 1.29 is 9.53 Å². The summed E-state index contributed by atoms with van der Waals surface area (Å²) >= 11 is 0. The van der Waals surface area contributed by atoms with Gasteiger partial charge in [0, 0.05) is 6.54 Å². The number of likely N-dealkylation sites (N-methyl/N-ethyl adjacent to an activating group) is 1. The Hall–Kier alpha value is -1.08. The van der Waals surface area contributed by atoms with E-state index in [9.17, 15) is 4.79 Å². The number of nitriles is 1. The van der Waals surface area contributed by atoms with Crippen molar-refractivity contribution in [1.29, 1.82) is 5.26 Å². The highest BCUT2D eigenvalue weighted by atomic mass is 16.5. The maximum Gasteiger partial charge on any atom is 0.293 e. The van der Waals surface area contributed by atoms with Crippen LogP contribution in [-0.2, 0) is 9.53 Å². The molecule has 0 spiro atoms. The van der Waals surface area contributed by atoms with Gasteiger partial charge in [-0.3, -0.25) is 4.79 Å². The number of nitrogens with zero attached hydrogens (tertiary/aromatic N) is 2. The van der Waals surface area contributed by atoms with Crippen LogP contribution in [0.1, 0.15) is 6.42 Å². The minimum absolute atomic E-state index is 0.247. The van der Waals surface area contributed by atoms with Crippen molar-refractivity contribution in [2.75, 3.05) is 20.6 Å². The lowest BCUT2D eigenvalue weighted by molar-refractivity contribution is -0.133. The SMILES string of the molecule is CN(C)C[C@H](CC#N)OC=O. The Morgan fingerprint density at radius 1 is 1.73 bits per heavy atom. The second kappa shape index (κ2) is 5.69. The molecule has 0 N–H and O–H groups in total. The predicted octanol–water partition coefficient (Wildman–Crippen LogP) is 0.00328. The Labute approximate surface area is 66.4 Å². The van der Waals surface area contributed by atoms with Gasteiger partial charge in [-0.25, -0.2) is 0 Å². The molecule has 0 aliphatic carbocycles. The van der Waals surface area contributed by atoms with Crippen LogP contribution in [0.4, 0.5) is 0 Å². The van der Waals surface area contributed by atoms with E-state index in [1.807, 2.05) is 25.1 Å². The fraction of sp³-hybridized carbons (Fsp3) is 0.714. The number of ether oxygens (including phenoxy) is 1. The van der Waals surface area contributed by atoms with E-state index in [1.54, 1.807) is 0 Å². The largest absolute Gasteiger partial charge is 0.462 e. The summed E-state index contributed by atoms with van der Waals surface area (Å²) in [7, 11) is 3.72. The van der Waals surface area contributed by atoms with Crippen LogP contribution in [0.3, 0.4) is 0 Å². The number of hydrogen-bond donors (Lipinski definition) is 0. The molecule has 0 aromatic carbocycles. The maximum absolute atomic E-state index is 9.92. The average molecular weight is 156 g/mol. The van der Waals surface area contributed by atoms with E-state index < -0.39 is 0 Å². The van der Waals surface area contributed by atoms with Crippen LogP contribution >= 0.6 is 0 Å². The molecule has 0 amide bonds. The Balaban J connectivity index is 3.70. The zero-order valence-corrected chi connectivity index (χ0v) is 6.78. The van der Waals surface area contributed by atoms with Crippen molar-refractivity contribution in [3.63, 3.8) is 0 Å². The van der Waals surface area contributed by atoms with E-state index in [0.29, 0.717) is 13.0 Å². The molecule has 0 bridgehead atoms. The lowest BCUT2D eigenvalue weighted by Crippen LogP contribution is -2.27. The van der Waals surface area contributed by atoms with Gasteiger partial charge in [-0.2, -0.15) is 5.26 Å². The average Bonchev–Trinajstić information content (AvgIpc) is 1.87. The highest BCUT2D eigenvalue weighted by Gasteiger charge is 2.08. The fourth-order valence-electron chi connectivity index (χ4n) is 0.743. The van der Waals surface area contributed by atoms with Crippen LogP contribution in [0.25, 0.3) is 0 Å². The van der Waals surface area contributed by atoms with Gasteiger partial charge in [0.05, 0.1) is 12.5 Å². The highest BCUT2D eigenvalue weighted by Crippen LogP contribution is 1.96. The van der Waals surface area contributed by atoms with Gasteiger partial charge in [0.25, 0.3) is 6.47 Å². The number of carbonyl (C=O) groups excluding carboxylic acids is 1. The van der Waals surface area contributed by atoms with E-state index in [2.05, 4.69) is 4.74 Å². The first kappa shape index (κ1) is 9.92. The maximum atomic E-state index is 9.92. The van der Waals surface area contributed by atoms with E-state index in [0.717, 1.165) is 0 Å². The van der Waals surface area contributed by atoms with Crippen LogP contribution in [-0.4, -0.2) is 38.1 Å². The van der Waals surface area contributed by atoms with Gasteiger partial charge in [-0.15, -0.1) is 0 Å². The fourth-order valence-corrected chi connectivity index (χ4v) is 0.743. The summed E-state index contributed by atoms with van der Waals surface area (Å²) in [4.78, 5) is 11.8. The highest BCUT2D eigenvalue weighted by molar-refractivity contribution is 5.37. The van der Waals surface area contributed by atoms with Gasteiger partial charge in [0.2, 0.25) is 0 Å². The Morgan fingerprint density at radius 2 is 2.36 bits per heavy atom. The zero-order chi connectivity index (χ0) is 8.69. The summed E-state index contributed by atoms with van der Waals surface area (Å²) < 4.78 is 4.65. The third-order valence-corrected chi connectivity index (χ3v) is 1.14. The molecule has 0 aromatic heterocycles. The smallest absolute Gasteiger partial charge is 0.293 e. The van der Waals surface area contributed by atoms with Gasteiger partial charge in [0.15, 0.2) is 0 Å². The molecule has 0 fully saturated rings. The van der Waals surface area contributed by atoms with Gasteiger partial charge >= 0.3 is 0 Å². The molecule has 62 valence electrons. The van der Waals surface area contributed by atoms with Gasteiger partial charge in [0.1, 0.15) is 6.10 Å². The second-order valence-electron chi connectivity index (χ2n) is 2.48. The lowest BCUT2D eigenvalue weighted by atomic mass is 10.2. The third kappa shape index (κ3) is 5.37. The summed E-state index contributed by atoms with van der Waals surface area (Å²) in [5.74, 6) is 0. The van der Waals surface area contributed by atoms with Crippen molar-refractivity contribution in [2.45, 2.75) is 12.5 Å². The molecular formula is C7H12N2O2. The first-order valence-electron chi connectivity index (χ1n) is 3.31. The van der Waals surface area contributed by atoms with Crippen LogP contribution in [0.5, 0.6) is 0 Å². The number of carbonyl (C=O) groups is 1. The molecule has 11 heavy (non-hydrogen) atoms. The molecule has 0 radical (unpaired) electrons. The van der Waals surface area contributed by atoms with Gasteiger partial charge in [-0.1, -0.05) is 0 Å². The van der Waals surface area contributed by atoms with Crippen molar-refractivity contribution in [1.82, 2.24) is 4.90 Å². The first-order chi connectivity index (χ1) is 5.20. The summed E-state index contributed by atoms with van der Waals surface area (Å²) in [6, 6.07) is 1.95. The minimum atomic E-state index is -0.299.